The van der Waals surface area contributed by atoms with Crippen LogP contribution in [-0.2, 0) is 11.3 Å². The van der Waals surface area contributed by atoms with Crippen LogP contribution in [0.3, 0.4) is 0 Å². The highest BCUT2D eigenvalue weighted by molar-refractivity contribution is 9.10. The molecular formula is C10H11BrN2O3. The Morgan fingerprint density at radius 1 is 1.62 bits per heavy atom. The number of methoxy groups -OCH3 is 1. The lowest BCUT2D eigenvalue weighted by molar-refractivity contribution is 0.0586. The summed E-state index contributed by atoms with van der Waals surface area (Å²) in [7, 11) is 1.26. The van der Waals surface area contributed by atoms with Gasteiger partial charge in [0.15, 0.2) is 16.7 Å². The lowest BCUT2D eigenvalue weighted by atomic mass is 10.3. The molecule has 16 heavy (non-hydrogen) atoms. The maximum atomic E-state index is 11.5. The number of aromatic nitrogens is 2. The van der Waals surface area contributed by atoms with E-state index in [-0.39, 0.29) is 11.4 Å². The van der Waals surface area contributed by atoms with Gasteiger partial charge in [-0.2, -0.15) is 0 Å². The smallest absolute Gasteiger partial charge is 0.357 e. The number of carbonyl (C=O) groups is 2. The van der Waals surface area contributed by atoms with E-state index in [4.69, 9.17) is 0 Å². The minimum Gasteiger partial charge on any atom is -0.464 e. The van der Waals surface area contributed by atoms with Gasteiger partial charge in [0, 0.05) is 6.54 Å². The van der Waals surface area contributed by atoms with Gasteiger partial charge in [0.2, 0.25) is 0 Å². The molecule has 5 nitrogen and oxygen atoms in total. The van der Waals surface area contributed by atoms with Gasteiger partial charge in [-0.25, -0.2) is 9.78 Å². The van der Waals surface area contributed by atoms with E-state index in [9.17, 15) is 9.59 Å². The first-order valence-corrected chi connectivity index (χ1v) is 5.35. The van der Waals surface area contributed by atoms with Crippen LogP contribution >= 0.6 is 15.9 Å². The largest absolute Gasteiger partial charge is 0.464 e. The third kappa shape index (κ3) is 2.38. The van der Waals surface area contributed by atoms with E-state index in [0.717, 1.165) is 0 Å². The fraction of sp³-hybridized carbons (Fsp3) is 0.300. The zero-order chi connectivity index (χ0) is 12.1. The van der Waals surface area contributed by atoms with E-state index in [2.05, 4.69) is 25.7 Å². The molecule has 0 atom stereocenters. The van der Waals surface area contributed by atoms with Crippen molar-refractivity contribution in [2.45, 2.75) is 13.5 Å². The second kappa shape index (κ2) is 5.60. The van der Waals surface area contributed by atoms with Crippen LogP contribution in [0.15, 0.2) is 16.9 Å². The Labute approximate surface area is 101 Å². The lowest BCUT2D eigenvalue weighted by Gasteiger charge is -2.05. The molecule has 0 N–H and O–H groups in total. The summed E-state index contributed by atoms with van der Waals surface area (Å²) in [5, 5.41) is 0. The second-order valence-corrected chi connectivity index (χ2v) is 3.61. The molecule has 1 heterocycles. The number of rotatable bonds is 4. The van der Waals surface area contributed by atoms with Crippen LogP contribution in [0.5, 0.6) is 0 Å². The number of hydrogen-bond acceptors (Lipinski definition) is 4. The van der Waals surface area contributed by atoms with E-state index < -0.39 is 5.97 Å². The summed E-state index contributed by atoms with van der Waals surface area (Å²) in [6, 6.07) is 0. The van der Waals surface area contributed by atoms with Crippen LogP contribution in [-0.4, -0.2) is 28.9 Å². The summed E-state index contributed by atoms with van der Waals surface area (Å²) >= 11 is 3.19. The predicted molar refractivity (Wildman–Crippen MR) is 61.5 cm³/mol. The number of aldehydes is 1. The molecule has 1 rings (SSSR count). The van der Waals surface area contributed by atoms with Gasteiger partial charge in [-0.1, -0.05) is 12.2 Å². The highest BCUT2D eigenvalue weighted by Gasteiger charge is 2.21. The molecule has 0 radical (unpaired) electrons. The van der Waals surface area contributed by atoms with Gasteiger partial charge in [0.1, 0.15) is 5.69 Å². The Kier molecular flexibility index (Phi) is 4.42. The van der Waals surface area contributed by atoms with Crippen LogP contribution in [0.25, 0.3) is 0 Å². The van der Waals surface area contributed by atoms with E-state index in [1.54, 1.807) is 4.57 Å². The van der Waals surface area contributed by atoms with Crippen molar-refractivity contribution >= 4 is 28.2 Å². The van der Waals surface area contributed by atoms with Crippen molar-refractivity contribution < 1.29 is 14.3 Å². The van der Waals surface area contributed by atoms with Gasteiger partial charge in [0.25, 0.3) is 0 Å². The Morgan fingerprint density at radius 2 is 2.31 bits per heavy atom. The molecule has 0 aromatic carbocycles. The number of esters is 1. The molecule has 1 aromatic heterocycles. The average molecular weight is 287 g/mol. The summed E-state index contributed by atoms with van der Waals surface area (Å²) in [4.78, 5) is 26.2. The Morgan fingerprint density at radius 3 is 2.81 bits per heavy atom. The molecule has 0 fully saturated rings. The minimum absolute atomic E-state index is 0.0724. The first-order chi connectivity index (χ1) is 7.65. The molecular weight excluding hydrogens is 276 g/mol. The Balaban J connectivity index is 3.27. The standard InChI is InChI=1S/C10H11BrN2O3/c1-3-4-5-13-8(9(15)16-2)7(6-14)12-10(13)11/h3-4,6H,5H2,1-2H3/b4-3+. The maximum absolute atomic E-state index is 11.5. The van der Waals surface area contributed by atoms with Crippen molar-refractivity contribution in [2.75, 3.05) is 7.11 Å². The number of allylic oxidation sites excluding steroid dienone is 2. The van der Waals surface area contributed by atoms with E-state index >= 15 is 0 Å². The zero-order valence-electron chi connectivity index (χ0n) is 8.94. The SMILES string of the molecule is C/C=C/Cn1c(Br)nc(C=O)c1C(=O)OC. The van der Waals surface area contributed by atoms with Crippen molar-refractivity contribution in [3.63, 3.8) is 0 Å². The van der Waals surface area contributed by atoms with Gasteiger partial charge in [-0.3, -0.25) is 4.79 Å². The van der Waals surface area contributed by atoms with Gasteiger partial charge in [0.05, 0.1) is 7.11 Å². The first kappa shape index (κ1) is 12.6. The summed E-state index contributed by atoms with van der Waals surface area (Å²) in [5.74, 6) is -0.579. The number of ether oxygens (including phenoxy) is 1. The minimum atomic E-state index is -0.579. The number of hydrogen-bond donors (Lipinski definition) is 0. The normalized spacial score (nSPS) is 10.7. The fourth-order valence-corrected chi connectivity index (χ4v) is 1.73. The molecule has 86 valence electrons. The highest BCUT2D eigenvalue weighted by atomic mass is 79.9. The summed E-state index contributed by atoms with van der Waals surface area (Å²) in [6.45, 7) is 2.31. The van der Waals surface area contributed by atoms with Crippen molar-refractivity contribution in [1.82, 2.24) is 9.55 Å². The zero-order valence-corrected chi connectivity index (χ0v) is 10.5. The highest BCUT2D eigenvalue weighted by Crippen LogP contribution is 2.17. The summed E-state index contributed by atoms with van der Waals surface area (Å²) in [5.41, 5.74) is 0.228. The molecule has 0 aliphatic rings. The topological polar surface area (TPSA) is 61.2 Å². The molecule has 6 heteroatoms. The molecule has 0 saturated carbocycles. The molecule has 0 bridgehead atoms. The Bertz CT molecular complexity index is 438. The third-order valence-corrected chi connectivity index (χ3v) is 2.57. The van der Waals surface area contributed by atoms with Gasteiger partial charge >= 0.3 is 5.97 Å². The van der Waals surface area contributed by atoms with Crippen LogP contribution in [0.1, 0.15) is 27.9 Å². The molecule has 0 aliphatic carbocycles. The average Bonchev–Trinajstić information content (AvgIpc) is 2.62. The first-order valence-electron chi connectivity index (χ1n) is 4.56. The van der Waals surface area contributed by atoms with E-state index in [0.29, 0.717) is 17.6 Å². The fourth-order valence-electron chi connectivity index (χ4n) is 1.21. The van der Waals surface area contributed by atoms with Crippen LogP contribution in [0.4, 0.5) is 0 Å². The maximum Gasteiger partial charge on any atom is 0.357 e. The van der Waals surface area contributed by atoms with Crippen LogP contribution in [0, 0.1) is 0 Å². The summed E-state index contributed by atoms with van der Waals surface area (Å²) < 4.78 is 6.60. The van der Waals surface area contributed by atoms with Crippen molar-refractivity contribution in [3.8, 4) is 0 Å². The van der Waals surface area contributed by atoms with E-state index in [1.165, 1.54) is 7.11 Å². The van der Waals surface area contributed by atoms with Crippen molar-refractivity contribution in [1.29, 1.82) is 0 Å². The van der Waals surface area contributed by atoms with Gasteiger partial charge in [-0.05, 0) is 22.9 Å². The third-order valence-electron chi connectivity index (χ3n) is 1.96. The quantitative estimate of drug-likeness (QED) is 0.481. The molecule has 0 aliphatic heterocycles. The van der Waals surface area contributed by atoms with Crippen molar-refractivity contribution in [2.24, 2.45) is 0 Å². The monoisotopic (exact) mass is 286 g/mol. The predicted octanol–water partition coefficient (Wildman–Crippen LogP) is 1.82. The van der Waals surface area contributed by atoms with Gasteiger partial charge in [-0.15, -0.1) is 0 Å². The van der Waals surface area contributed by atoms with Crippen LogP contribution < -0.4 is 0 Å². The number of imidazole rings is 1. The van der Waals surface area contributed by atoms with Crippen molar-refractivity contribution in [3.05, 3.63) is 28.3 Å². The lowest BCUT2D eigenvalue weighted by Crippen LogP contribution is -2.12. The van der Waals surface area contributed by atoms with Crippen LogP contribution in [0.2, 0.25) is 0 Å². The Hall–Kier alpha value is -1.43. The van der Waals surface area contributed by atoms with E-state index in [1.807, 2.05) is 19.1 Å². The molecule has 1 aromatic rings. The molecule has 0 amide bonds. The second-order valence-electron chi connectivity index (χ2n) is 2.90. The number of nitrogens with zero attached hydrogens (tertiary/aromatic N) is 2. The summed E-state index contributed by atoms with van der Waals surface area (Å²) in [6.07, 6.45) is 4.21. The molecule has 0 saturated heterocycles. The molecule has 0 spiro atoms. The number of halogens is 1. The van der Waals surface area contributed by atoms with Gasteiger partial charge < -0.3 is 9.30 Å². The molecule has 0 unspecified atom stereocenters. The number of carbonyl (C=O) groups excluding carboxylic acids is 2.